The number of carbonyl (C=O) groups excluding carboxylic acids is 1. The Kier molecular flexibility index (Phi) is 5.80. The Morgan fingerprint density at radius 3 is 2.48 bits per heavy atom. The van der Waals surface area contributed by atoms with E-state index in [1.54, 1.807) is 19.2 Å². The summed E-state index contributed by atoms with van der Waals surface area (Å²) in [5.41, 5.74) is 0.816. The van der Waals surface area contributed by atoms with E-state index in [9.17, 15) is 13.2 Å². The number of benzene rings is 2. The molecule has 0 aliphatic carbocycles. The van der Waals surface area contributed by atoms with Gasteiger partial charge in [0, 0.05) is 5.56 Å². The van der Waals surface area contributed by atoms with E-state index in [4.69, 9.17) is 14.6 Å². The lowest BCUT2D eigenvalue weighted by Gasteiger charge is -2.10. The fourth-order valence-corrected chi connectivity index (χ4v) is 3.08. The number of amides is 1. The first-order chi connectivity index (χ1) is 13.8. The topological polar surface area (TPSA) is 149 Å². The lowest BCUT2D eigenvalue weighted by Crippen LogP contribution is -2.24. The molecule has 10 nitrogen and oxygen atoms in total. The predicted molar refractivity (Wildman–Crippen MR) is 104 cm³/mol. The number of hydrogen-bond donors (Lipinski definition) is 3. The summed E-state index contributed by atoms with van der Waals surface area (Å²) in [6, 6.07) is 11.0. The molecule has 0 saturated carbocycles. The number of H-pyrrole nitrogens is 1. The summed E-state index contributed by atoms with van der Waals surface area (Å²) in [4.78, 5) is 16.7. The van der Waals surface area contributed by atoms with E-state index in [2.05, 4.69) is 20.5 Å². The standard InChI is InChI=1S/C18H19N5O5S/c1-27-12-5-3-11(4-6-12)17-21-16(22-23-17)10-20-18(24)14-9-13(29(19,25)26)7-8-15(14)28-2/h3-9H,10H2,1-2H3,(H,20,24)(H2,19,25,26)(H,21,22,23). The predicted octanol–water partition coefficient (Wildman–Crippen LogP) is 1.07. The first-order valence-corrected chi connectivity index (χ1v) is 9.91. The van der Waals surface area contributed by atoms with Gasteiger partial charge in [0.15, 0.2) is 5.82 Å². The van der Waals surface area contributed by atoms with Crippen molar-refractivity contribution in [2.75, 3.05) is 14.2 Å². The Hall–Kier alpha value is -3.44. The first kappa shape index (κ1) is 20.3. The molecular weight excluding hydrogens is 398 g/mol. The summed E-state index contributed by atoms with van der Waals surface area (Å²) in [5, 5.41) is 14.6. The molecule has 0 bridgehead atoms. The molecule has 152 valence electrons. The van der Waals surface area contributed by atoms with Crippen LogP contribution in [-0.2, 0) is 16.6 Å². The molecule has 1 amide bonds. The monoisotopic (exact) mass is 417 g/mol. The molecule has 11 heteroatoms. The smallest absolute Gasteiger partial charge is 0.255 e. The number of hydrogen-bond acceptors (Lipinski definition) is 7. The van der Waals surface area contributed by atoms with Crippen LogP contribution in [-0.4, -0.2) is 43.7 Å². The average molecular weight is 417 g/mol. The van der Waals surface area contributed by atoms with Gasteiger partial charge in [-0.25, -0.2) is 18.5 Å². The number of nitrogens with one attached hydrogen (secondary N) is 2. The van der Waals surface area contributed by atoms with Crippen LogP contribution in [0.4, 0.5) is 0 Å². The van der Waals surface area contributed by atoms with E-state index in [-0.39, 0.29) is 22.8 Å². The van der Waals surface area contributed by atoms with Crippen LogP contribution in [0.1, 0.15) is 16.2 Å². The molecule has 1 aromatic heterocycles. The zero-order valence-electron chi connectivity index (χ0n) is 15.7. The van der Waals surface area contributed by atoms with Crippen molar-refractivity contribution in [3.8, 4) is 22.9 Å². The molecule has 0 spiro atoms. The van der Waals surface area contributed by atoms with Crippen LogP contribution >= 0.6 is 0 Å². The average Bonchev–Trinajstić information content (AvgIpc) is 3.20. The van der Waals surface area contributed by atoms with Gasteiger partial charge in [0.2, 0.25) is 10.0 Å². The van der Waals surface area contributed by atoms with E-state index in [1.165, 1.54) is 19.2 Å². The second-order valence-corrected chi connectivity index (χ2v) is 7.49. The van der Waals surface area contributed by atoms with Crippen LogP contribution in [0.25, 0.3) is 11.4 Å². The number of aromatic amines is 1. The van der Waals surface area contributed by atoms with Gasteiger partial charge in [0.25, 0.3) is 5.91 Å². The first-order valence-electron chi connectivity index (χ1n) is 8.36. The molecule has 29 heavy (non-hydrogen) atoms. The van der Waals surface area contributed by atoms with Crippen molar-refractivity contribution in [3.63, 3.8) is 0 Å². The third kappa shape index (κ3) is 4.70. The van der Waals surface area contributed by atoms with Gasteiger partial charge in [-0.1, -0.05) is 0 Å². The molecule has 0 saturated heterocycles. The maximum atomic E-state index is 12.5. The Morgan fingerprint density at radius 2 is 1.86 bits per heavy atom. The van der Waals surface area contributed by atoms with E-state index in [1.807, 2.05) is 12.1 Å². The zero-order valence-corrected chi connectivity index (χ0v) is 16.5. The Labute approximate surface area is 167 Å². The van der Waals surface area contributed by atoms with Gasteiger partial charge in [-0.2, -0.15) is 5.10 Å². The third-order valence-corrected chi connectivity index (χ3v) is 4.95. The quantitative estimate of drug-likeness (QED) is 0.520. The minimum absolute atomic E-state index is 0.0360. The van der Waals surface area contributed by atoms with Crippen LogP contribution in [0.2, 0.25) is 0 Å². The van der Waals surface area contributed by atoms with Crippen LogP contribution in [0.15, 0.2) is 47.4 Å². The normalized spacial score (nSPS) is 11.1. The zero-order chi connectivity index (χ0) is 21.0. The summed E-state index contributed by atoms with van der Waals surface area (Å²) in [5.74, 6) is 1.27. The van der Waals surface area contributed by atoms with E-state index < -0.39 is 15.9 Å². The highest BCUT2D eigenvalue weighted by molar-refractivity contribution is 7.89. The summed E-state index contributed by atoms with van der Waals surface area (Å²) in [7, 11) is -1.00. The van der Waals surface area contributed by atoms with Crippen molar-refractivity contribution < 1.29 is 22.7 Å². The molecule has 0 aliphatic heterocycles. The molecule has 2 aromatic carbocycles. The van der Waals surface area contributed by atoms with Crippen molar-refractivity contribution in [1.82, 2.24) is 20.5 Å². The molecule has 3 rings (SSSR count). The van der Waals surface area contributed by atoms with E-state index in [0.29, 0.717) is 17.4 Å². The highest BCUT2D eigenvalue weighted by Crippen LogP contribution is 2.22. The Bertz CT molecular complexity index is 1130. The van der Waals surface area contributed by atoms with Gasteiger partial charge in [0.05, 0.1) is 31.2 Å². The highest BCUT2D eigenvalue weighted by atomic mass is 32.2. The maximum Gasteiger partial charge on any atom is 0.255 e. The van der Waals surface area contributed by atoms with Gasteiger partial charge in [-0.15, -0.1) is 0 Å². The maximum absolute atomic E-state index is 12.5. The number of sulfonamides is 1. The minimum atomic E-state index is -3.96. The molecule has 1 heterocycles. The van der Waals surface area contributed by atoms with Gasteiger partial charge in [-0.3, -0.25) is 9.89 Å². The van der Waals surface area contributed by atoms with E-state index >= 15 is 0 Å². The molecule has 0 aliphatic rings. The number of carbonyl (C=O) groups is 1. The van der Waals surface area contributed by atoms with Crippen molar-refractivity contribution in [2.45, 2.75) is 11.4 Å². The molecule has 0 radical (unpaired) electrons. The van der Waals surface area contributed by atoms with Crippen molar-refractivity contribution in [3.05, 3.63) is 53.9 Å². The molecule has 0 atom stereocenters. The highest BCUT2D eigenvalue weighted by Gasteiger charge is 2.18. The second-order valence-electron chi connectivity index (χ2n) is 5.92. The molecule has 3 aromatic rings. The SMILES string of the molecule is COc1ccc(-c2n[nH]c(CNC(=O)c3cc(S(N)(=O)=O)ccc3OC)n2)cc1. The number of rotatable bonds is 7. The number of primary sulfonamides is 1. The van der Waals surface area contributed by atoms with Gasteiger partial charge >= 0.3 is 0 Å². The largest absolute Gasteiger partial charge is 0.497 e. The van der Waals surface area contributed by atoms with Gasteiger partial charge in [0.1, 0.15) is 17.3 Å². The molecule has 0 fully saturated rings. The van der Waals surface area contributed by atoms with Gasteiger partial charge in [-0.05, 0) is 42.5 Å². The van der Waals surface area contributed by atoms with Crippen LogP contribution < -0.4 is 19.9 Å². The second kappa shape index (κ2) is 8.29. The molecular formula is C18H19N5O5S. The fourth-order valence-electron chi connectivity index (χ4n) is 2.54. The number of ether oxygens (including phenoxy) is 2. The summed E-state index contributed by atoms with van der Waals surface area (Å²) < 4.78 is 33.3. The van der Waals surface area contributed by atoms with E-state index in [0.717, 1.165) is 11.6 Å². The van der Waals surface area contributed by atoms with Crippen molar-refractivity contribution >= 4 is 15.9 Å². The van der Waals surface area contributed by atoms with Crippen LogP contribution in [0.3, 0.4) is 0 Å². The third-order valence-electron chi connectivity index (χ3n) is 4.04. The van der Waals surface area contributed by atoms with Crippen molar-refractivity contribution in [2.24, 2.45) is 5.14 Å². The fraction of sp³-hybridized carbons (Fsp3) is 0.167. The molecule has 4 N–H and O–H groups in total. The van der Waals surface area contributed by atoms with Crippen LogP contribution in [0.5, 0.6) is 11.5 Å². The lowest BCUT2D eigenvalue weighted by atomic mass is 10.2. The number of nitrogens with two attached hydrogens (primary N) is 1. The Balaban J connectivity index is 1.73. The molecule has 0 unspecified atom stereocenters. The summed E-state index contributed by atoms with van der Waals surface area (Å²) in [6.45, 7) is 0.0464. The summed E-state index contributed by atoms with van der Waals surface area (Å²) >= 11 is 0. The Morgan fingerprint density at radius 1 is 1.14 bits per heavy atom. The minimum Gasteiger partial charge on any atom is -0.497 e. The summed E-state index contributed by atoms with van der Waals surface area (Å²) in [6.07, 6.45) is 0. The van der Waals surface area contributed by atoms with Crippen molar-refractivity contribution in [1.29, 1.82) is 0 Å². The number of methoxy groups -OCH3 is 2. The number of nitrogens with zero attached hydrogens (tertiary/aromatic N) is 2. The van der Waals surface area contributed by atoms with Crippen LogP contribution in [0, 0.1) is 0 Å². The van der Waals surface area contributed by atoms with Gasteiger partial charge < -0.3 is 14.8 Å². The number of aromatic nitrogens is 3. The lowest BCUT2D eigenvalue weighted by molar-refractivity contribution is 0.0946.